The lowest BCUT2D eigenvalue weighted by Crippen LogP contribution is -2.30. The van der Waals surface area contributed by atoms with E-state index in [1.54, 1.807) is 6.07 Å². The Balaban J connectivity index is 1.95. The number of rotatable bonds is 6. The summed E-state index contributed by atoms with van der Waals surface area (Å²) in [4.78, 5) is 12.1. The number of nitrogen functional groups attached to an aromatic ring is 1. The summed E-state index contributed by atoms with van der Waals surface area (Å²) < 4.78 is 0. The van der Waals surface area contributed by atoms with Gasteiger partial charge in [0.1, 0.15) is 0 Å². The quantitative estimate of drug-likeness (QED) is 0.544. The van der Waals surface area contributed by atoms with Crippen LogP contribution in [0, 0.1) is 12.3 Å². The van der Waals surface area contributed by atoms with E-state index < -0.39 is 0 Å². The highest BCUT2D eigenvalue weighted by Gasteiger charge is 2.41. The molecule has 4 N–H and O–H groups in total. The third-order valence-corrected chi connectivity index (χ3v) is 4.01. The predicted molar refractivity (Wildman–Crippen MR) is 77.9 cm³/mol. The third-order valence-electron chi connectivity index (χ3n) is 4.01. The molecule has 1 saturated carbocycles. The van der Waals surface area contributed by atoms with E-state index in [-0.39, 0.29) is 5.91 Å². The van der Waals surface area contributed by atoms with E-state index in [1.165, 1.54) is 25.7 Å². The zero-order valence-electron chi connectivity index (χ0n) is 11.8. The fourth-order valence-electron chi connectivity index (χ4n) is 2.56. The van der Waals surface area contributed by atoms with Crippen LogP contribution in [0.1, 0.15) is 48.5 Å². The van der Waals surface area contributed by atoms with Crippen LogP contribution in [-0.2, 0) is 0 Å². The minimum Gasteiger partial charge on any atom is -0.351 e. The molecule has 0 unspecified atom stereocenters. The maximum atomic E-state index is 12.1. The van der Waals surface area contributed by atoms with Gasteiger partial charge in [0.15, 0.2) is 0 Å². The van der Waals surface area contributed by atoms with Crippen LogP contribution < -0.4 is 16.6 Å². The first-order valence-electron chi connectivity index (χ1n) is 6.96. The van der Waals surface area contributed by atoms with Gasteiger partial charge in [-0.3, -0.25) is 10.6 Å². The molecule has 0 saturated heterocycles. The summed E-state index contributed by atoms with van der Waals surface area (Å²) >= 11 is 0. The zero-order chi connectivity index (χ0) is 13.9. The van der Waals surface area contributed by atoms with Crippen LogP contribution in [0.2, 0.25) is 0 Å². The van der Waals surface area contributed by atoms with Gasteiger partial charge in [-0.1, -0.05) is 13.3 Å². The molecule has 1 aliphatic rings. The van der Waals surface area contributed by atoms with E-state index in [2.05, 4.69) is 17.7 Å². The van der Waals surface area contributed by atoms with Crippen LogP contribution in [-0.4, -0.2) is 12.5 Å². The smallest absolute Gasteiger partial charge is 0.251 e. The number of anilines is 1. The Kier molecular flexibility index (Phi) is 4.10. The minimum atomic E-state index is 0.00838. The molecule has 0 radical (unpaired) electrons. The van der Waals surface area contributed by atoms with E-state index in [9.17, 15) is 4.79 Å². The van der Waals surface area contributed by atoms with Gasteiger partial charge in [0.2, 0.25) is 0 Å². The first-order valence-corrected chi connectivity index (χ1v) is 6.96. The lowest BCUT2D eigenvalue weighted by Gasteiger charge is -2.15. The van der Waals surface area contributed by atoms with Crippen LogP contribution in [0.5, 0.6) is 0 Å². The van der Waals surface area contributed by atoms with Crippen molar-refractivity contribution in [2.75, 3.05) is 12.0 Å². The number of nitrogens with two attached hydrogens (primary N) is 1. The number of aryl methyl sites for hydroxylation is 1. The number of benzene rings is 1. The van der Waals surface area contributed by atoms with Gasteiger partial charge in [-0.05, 0) is 55.4 Å². The van der Waals surface area contributed by atoms with Gasteiger partial charge < -0.3 is 10.7 Å². The second-order valence-electron chi connectivity index (χ2n) is 5.61. The Bertz CT molecular complexity index is 466. The van der Waals surface area contributed by atoms with Gasteiger partial charge in [-0.25, -0.2) is 0 Å². The Hall–Kier alpha value is -1.55. The highest BCUT2D eigenvalue weighted by atomic mass is 16.1. The number of hydrogen-bond acceptors (Lipinski definition) is 3. The summed E-state index contributed by atoms with van der Waals surface area (Å²) in [5.74, 6) is 5.39. The number of amides is 1. The van der Waals surface area contributed by atoms with Gasteiger partial charge in [0, 0.05) is 12.1 Å². The number of hydrazine groups is 1. The van der Waals surface area contributed by atoms with Crippen molar-refractivity contribution in [2.24, 2.45) is 11.3 Å². The molecule has 2 rings (SSSR count). The van der Waals surface area contributed by atoms with Crippen molar-refractivity contribution in [3.63, 3.8) is 0 Å². The Morgan fingerprint density at radius 2 is 2.16 bits per heavy atom. The van der Waals surface area contributed by atoms with Gasteiger partial charge in [-0.15, -0.1) is 0 Å². The fraction of sp³-hybridized carbons (Fsp3) is 0.533. The molecule has 1 amide bonds. The van der Waals surface area contributed by atoms with Crippen molar-refractivity contribution in [2.45, 2.75) is 39.5 Å². The van der Waals surface area contributed by atoms with Crippen LogP contribution in [0.4, 0.5) is 5.69 Å². The van der Waals surface area contributed by atoms with Crippen molar-refractivity contribution in [1.29, 1.82) is 0 Å². The standard InChI is InChI=1S/C15H23N3O/c1-3-6-15(7-8-15)10-17-14(19)12-4-5-13(18-16)11(2)9-12/h4-5,9,18H,3,6-8,10,16H2,1-2H3,(H,17,19). The first kappa shape index (κ1) is 13.9. The Morgan fingerprint density at radius 1 is 1.42 bits per heavy atom. The second-order valence-corrected chi connectivity index (χ2v) is 5.61. The van der Waals surface area contributed by atoms with Crippen molar-refractivity contribution < 1.29 is 4.79 Å². The summed E-state index contributed by atoms with van der Waals surface area (Å²) in [5.41, 5.74) is 5.52. The molecule has 0 atom stereocenters. The van der Waals surface area contributed by atoms with Gasteiger partial charge in [0.05, 0.1) is 5.69 Å². The number of carbonyl (C=O) groups excluding carboxylic acids is 1. The van der Waals surface area contributed by atoms with E-state index in [1.807, 2.05) is 19.1 Å². The molecular weight excluding hydrogens is 238 g/mol. The largest absolute Gasteiger partial charge is 0.351 e. The van der Waals surface area contributed by atoms with E-state index in [0.717, 1.165) is 17.8 Å². The van der Waals surface area contributed by atoms with Crippen LogP contribution in [0.3, 0.4) is 0 Å². The molecule has 0 aromatic heterocycles. The van der Waals surface area contributed by atoms with Gasteiger partial charge >= 0.3 is 0 Å². The van der Waals surface area contributed by atoms with Crippen LogP contribution >= 0.6 is 0 Å². The molecule has 0 heterocycles. The van der Waals surface area contributed by atoms with Crippen LogP contribution in [0.15, 0.2) is 18.2 Å². The molecule has 104 valence electrons. The molecule has 1 aromatic rings. The molecule has 0 spiro atoms. The maximum Gasteiger partial charge on any atom is 0.251 e. The third kappa shape index (κ3) is 3.26. The normalized spacial score (nSPS) is 15.9. The zero-order valence-corrected chi connectivity index (χ0v) is 11.8. The average molecular weight is 261 g/mol. The fourth-order valence-corrected chi connectivity index (χ4v) is 2.56. The molecule has 1 aromatic carbocycles. The molecule has 19 heavy (non-hydrogen) atoms. The lowest BCUT2D eigenvalue weighted by atomic mass is 10.0. The first-order chi connectivity index (χ1) is 9.10. The van der Waals surface area contributed by atoms with E-state index in [0.29, 0.717) is 11.0 Å². The Labute approximate surface area is 114 Å². The van der Waals surface area contributed by atoms with Crippen molar-refractivity contribution >= 4 is 11.6 Å². The van der Waals surface area contributed by atoms with Gasteiger partial charge in [-0.2, -0.15) is 0 Å². The molecule has 1 fully saturated rings. The average Bonchev–Trinajstić information content (AvgIpc) is 3.16. The molecule has 4 heteroatoms. The van der Waals surface area contributed by atoms with E-state index in [4.69, 9.17) is 5.84 Å². The maximum absolute atomic E-state index is 12.1. The van der Waals surface area contributed by atoms with Crippen molar-refractivity contribution in [3.05, 3.63) is 29.3 Å². The molecule has 0 aliphatic heterocycles. The summed E-state index contributed by atoms with van der Waals surface area (Å²) in [6.07, 6.45) is 4.89. The summed E-state index contributed by atoms with van der Waals surface area (Å²) in [7, 11) is 0. The highest BCUT2D eigenvalue weighted by Crippen LogP contribution is 2.48. The second kappa shape index (κ2) is 5.61. The van der Waals surface area contributed by atoms with Gasteiger partial charge in [0.25, 0.3) is 5.91 Å². The molecule has 1 aliphatic carbocycles. The monoisotopic (exact) mass is 261 g/mol. The summed E-state index contributed by atoms with van der Waals surface area (Å²) in [5, 5.41) is 3.06. The molecule has 4 nitrogen and oxygen atoms in total. The van der Waals surface area contributed by atoms with Crippen molar-refractivity contribution in [1.82, 2.24) is 5.32 Å². The lowest BCUT2D eigenvalue weighted by molar-refractivity contribution is 0.0943. The number of hydrogen-bond donors (Lipinski definition) is 3. The summed E-state index contributed by atoms with van der Waals surface area (Å²) in [6.45, 7) is 4.94. The minimum absolute atomic E-state index is 0.00838. The number of nitrogens with one attached hydrogen (secondary N) is 2. The summed E-state index contributed by atoms with van der Waals surface area (Å²) in [6, 6.07) is 5.50. The van der Waals surface area contributed by atoms with Crippen molar-refractivity contribution in [3.8, 4) is 0 Å². The molecular formula is C15H23N3O. The van der Waals surface area contributed by atoms with Crippen LogP contribution in [0.25, 0.3) is 0 Å². The Morgan fingerprint density at radius 3 is 2.68 bits per heavy atom. The SMILES string of the molecule is CCCC1(CNC(=O)c2ccc(NN)c(C)c2)CC1. The number of carbonyl (C=O) groups is 1. The van der Waals surface area contributed by atoms with E-state index >= 15 is 0 Å². The highest BCUT2D eigenvalue weighted by molar-refractivity contribution is 5.94. The predicted octanol–water partition coefficient (Wildman–Crippen LogP) is 2.59. The molecule has 0 bridgehead atoms. The topological polar surface area (TPSA) is 67.2 Å².